The number of rotatable bonds is 7. The summed E-state index contributed by atoms with van der Waals surface area (Å²) in [7, 11) is 1.57. The monoisotopic (exact) mass is 310 g/mol. The van der Waals surface area contributed by atoms with Crippen molar-refractivity contribution in [1.29, 1.82) is 0 Å². The lowest BCUT2D eigenvalue weighted by Gasteiger charge is -2.15. The third kappa shape index (κ3) is 3.95. The van der Waals surface area contributed by atoms with E-state index in [0.717, 1.165) is 5.56 Å². The molecule has 0 atom stereocenters. The second kappa shape index (κ2) is 6.91. The van der Waals surface area contributed by atoms with Crippen LogP contribution in [0.25, 0.3) is 0 Å². The van der Waals surface area contributed by atoms with E-state index in [1.54, 1.807) is 19.2 Å². The number of nitrogens with one attached hydrogen (secondary N) is 2. The zero-order valence-corrected chi connectivity index (χ0v) is 12.7. The molecule has 0 aromatic heterocycles. The molecule has 0 bridgehead atoms. The number of hydrogen-bond donors (Lipinski definition) is 2. The first-order valence-corrected chi connectivity index (χ1v) is 7.26. The van der Waals surface area contributed by atoms with Gasteiger partial charge in [-0.1, -0.05) is 23.7 Å². The van der Waals surface area contributed by atoms with E-state index in [1.807, 2.05) is 12.1 Å². The summed E-state index contributed by atoms with van der Waals surface area (Å²) in [5, 5.41) is 6.20. The van der Waals surface area contributed by atoms with Gasteiger partial charge in [0.1, 0.15) is 5.41 Å². The van der Waals surface area contributed by atoms with Gasteiger partial charge >= 0.3 is 0 Å². The van der Waals surface area contributed by atoms with E-state index in [1.165, 1.54) is 0 Å². The molecule has 2 rings (SSSR count). The number of amides is 2. The first-order chi connectivity index (χ1) is 10.1. The Hall–Kier alpha value is -1.59. The lowest BCUT2D eigenvalue weighted by atomic mass is 10.1. The minimum absolute atomic E-state index is 0.215. The highest BCUT2D eigenvalue weighted by molar-refractivity contribution is 6.30. The van der Waals surface area contributed by atoms with Gasteiger partial charge in [0.2, 0.25) is 11.8 Å². The van der Waals surface area contributed by atoms with Gasteiger partial charge in [0.25, 0.3) is 0 Å². The highest BCUT2D eigenvalue weighted by atomic mass is 35.5. The molecule has 5 nitrogen and oxygen atoms in total. The van der Waals surface area contributed by atoms with Crippen molar-refractivity contribution >= 4 is 23.4 Å². The minimum Gasteiger partial charge on any atom is -0.383 e. The van der Waals surface area contributed by atoms with Gasteiger partial charge in [-0.05, 0) is 30.5 Å². The lowest BCUT2D eigenvalue weighted by molar-refractivity contribution is -0.137. The molecule has 0 unspecified atom stereocenters. The van der Waals surface area contributed by atoms with Crippen LogP contribution in [0.3, 0.4) is 0 Å². The second-order valence-electron chi connectivity index (χ2n) is 5.14. The van der Waals surface area contributed by atoms with Crippen molar-refractivity contribution in [3.05, 3.63) is 34.9 Å². The van der Waals surface area contributed by atoms with Crippen LogP contribution in [-0.2, 0) is 20.9 Å². The summed E-state index contributed by atoms with van der Waals surface area (Å²) in [5.74, 6) is -0.430. The fourth-order valence-electron chi connectivity index (χ4n) is 2.07. The van der Waals surface area contributed by atoms with E-state index < -0.39 is 5.41 Å². The van der Waals surface area contributed by atoms with Gasteiger partial charge in [0.15, 0.2) is 0 Å². The van der Waals surface area contributed by atoms with Crippen molar-refractivity contribution in [3.63, 3.8) is 0 Å². The topological polar surface area (TPSA) is 67.4 Å². The number of benzene rings is 1. The summed E-state index contributed by atoms with van der Waals surface area (Å²) in [6.45, 7) is 1.25. The molecule has 21 heavy (non-hydrogen) atoms. The maximum Gasteiger partial charge on any atom is 0.235 e. The molecule has 0 radical (unpaired) electrons. The van der Waals surface area contributed by atoms with E-state index in [9.17, 15) is 9.59 Å². The zero-order valence-electron chi connectivity index (χ0n) is 11.9. The summed E-state index contributed by atoms with van der Waals surface area (Å²) in [6.07, 6.45) is 1.19. The van der Waals surface area contributed by atoms with Gasteiger partial charge in [-0.2, -0.15) is 0 Å². The molecule has 2 amide bonds. The Morgan fingerprint density at radius 1 is 1.19 bits per heavy atom. The molecule has 1 aliphatic rings. The zero-order chi connectivity index (χ0) is 15.3. The number of hydrogen-bond acceptors (Lipinski definition) is 3. The molecular weight excluding hydrogens is 292 g/mol. The quantitative estimate of drug-likeness (QED) is 0.592. The van der Waals surface area contributed by atoms with Gasteiger partial charge < -0.3 is 15.4 Å². The van der Waals surface area contributed by atoms with Gasteiger partial charge in [-0.15, -0.1) is 0 Å². The minimum atomic E-state index is -0.889. The van der Waals surface area contributed by atoms with Crippen LogP contribution in [0.5, 0.6) is 0 Å². The van der Waals surface area contributed by atoms with Crippen molar-refractivity contribution in [2.24, 2.45) is 5.41 Å². The Morgan fingerprint density at radius 3 is 2.38 bits per heavy atom. The molecule has 0 heterocycles. The fraction of sp³-hybridized carbons (Fsp3) is 0.467. The Morgan fingerprint density at radius 2 is 1.81 bits per heavy atom. The molecule has 1 aliphatic carbocycles. The van der Waals surface area contributed by atoms with Crippen molar-refractivity contribution in [3.8, 4) is 0 Å². The third-order valence-corrected chi connectivity index (χ3v) is 3.83. The Kier molecular flexibility index (Phi) is 5.20. The summed E-state index contributed by atoms with van der Waals surface area (Å²) in [6, 6.07) is 7.24. The van der Waals surface area contributed by atoms with Crippen LogP contribution in [0.1, 0.15) is 18.4 Å². The highest BCUT2D eigenvalue weighted by Gasteiger charge is 2.56. The Balaban J connectivity index is 1.84. The SMILES string of the molecule is COCCNC(=O)C1(C(=O)NCc2ccc(Cl)cc2)CC1. The standard InChI is InChI=1S/C15H19ClN2O3/c1-21-9-8-17-13(19)15(6-7-15)14(20)18-10-11-2-4-12(16)5-3-11/h2-5H,6-10H2,1H3,(H,17,19)(H,18,20). The summed E-state index contributed by atoms with van der Waals surface area (Å²) >= 11 is 5.81. The first kappa shape index (κ1) is 15.8. The van der Waals surface area contributed by atoms with E-state index in [2.05, 4.69) is 10.6 Å². The third-order valence-electron chi connectivity index (χ3n) is 3.58. The Bertz CT molecular complexity index is 512. The van der Waals surface area contributed by atoms with Crippen LogP contribution in [0.4, 0.5) is 0 Å². The average Bonchev–Trinajstić information content (AvgIpc) is 3.28. The highest BCUT2D eigenvalue weighted by Crippen LogP contribution is 2.46. The number of carbonyl (C=O) groups is 2. The normalized spacial score (nSPS) is 15.3. The molecule has 0 aliphatic heterocycles. The van der Waals surface area contributed by atoms with E-state index in [0.29, 0.717) is 37.6 Å². The molecule has 2 N–H and O–H groups in total. The van der Waals surface area contributed by atoms with Gasteiger partial charge in [0, 0.05) is 25.2 Å². The molecule has 1 fully saturated rings. The van der Waals surface area contributed by atoms with Crippen molar-refractivity contribution in [2.45, 2.75) is 19.4 Å². The summed E-state index contributed by atoms with van der Waals surface area (Å²) in [4.78, 5) is 24.3. The number of carbonyl (C=O) groups excluding carboxylic acids is 2. The molecule has 1 aromatic rings. The summed E-state index contributed by atoms with van der Waals surface area (Å²) < 4.78 is 4.87. The van der Waals surface area contributed by atoms with Crippen LogP contribution < -0.4 is 10.6 Å². The van der Waals surface area contributed by atoms with Crippen molar-refractivity contribution in [1.82, 2.24) is 10.6 Å². The molecule has 1 saturated carbocycles. The number of methoxy groups -OCH3 is 1. The number of ether oxygens (including phenoxy) is 1. The lowest BCUT2D eigenvalue weighted by Crippen LogP contribution is -2.43. The predicted molar refractivity (Wildman–Crippen MR) is 79.9 cm³/mol. The average molecular weight is 311 g/mol. The maximum absolute atomic E-state index is 12.2. The molecular formula is C15H19ClN2O3. The van der Waals surface area contributed by atoms with E-state index in [4.69, 9.17) is 16.3 Å². The molecule has 1 aromatic carbocycles. The van der Waals surface area contributed by atoms with Crippen LogP contribution in [0, 0.1) is 5.41 Å². The molecule has 114 valence electrons. The largest absolute Gasteiger partial charge is 0.383 e. The van der Waals surface area contributed by atoms with Gasteiger partial charge in [-0.3, -0.25) is 9.59 Å². The molecule has 6 heteroatoms. The van der Waals surface area contributed by atoms with Crippen LogP contribution in [0.15, 0.2) is 24.3 Å². The number of halogens is 1. The van der Waals surface area contributed by atoms with Crippen LogP contribution in [0.2, 0.25) is 5.02 Å². The maximum atomic E-state index is 12.2. The smallest absolute Gasteiger partial charge is 0.235 e. The Labute approximate surface area is 129 Å². The second-order valence-corrected chi connectivity index (χ2v) is 5.58. The molecule has 0 spiro atoms. The van der Waals surface area contributed by atoms with Crippen molar-refractivity contribution < 1.29 is 14.3 Å². The van der Waals surface area contributed by atoms with Gasteiger partial charge in [0.05, 0.1) is 6.61 Å². The van der Waals surface area contributed by atoms with Crippen molar-refractivity contribution in [2.75, 3.05) is 20.3 Å². The fourth-order valence-corrected chi connectivity index (χ4v) is 2.20. The first-order valence-electron chi connectivity index (χ1n) is 6.88. The van der Waals surface area contributed by atoms with E-state index in [-0.39, 0.29) is 11.8 Å². The van der Waals surface area contributed by atoms with E-state index >= 15 is 0 Å². The van der Waals surface area contributed by atoms with Crippen LogP contribution in [-0.4, -0.2) is 32.1 Å². The predicted octanol–water partition coefficient (Wildman–Crippen LogP) is 1.50. The molecule has 0 saturated heterocycles. The van der Waals surface area contributed by atoms with Crippen LogP contribution >= 0.6 is 11.6 Å². The van der Waals surface area contributed by atoms with Gasteiger partial charge in [-0.25, -0.2) is 0 Å². The summed E-state index contributed by atoms with van der Waals surface area (Å²) in [5.41, 5.74) is 0.0588.